The van der Waals surface area contributed by atoms with E-state index in [0.717, 1.165) is 17.9 Å². The van der Waals surface area contributed by atoms with Crippen LogP contribution in [0.25, 0.3) is 0 Å². The second-order valence-electron chi connectivity index (χ2n) is 3.49. The van der Waals surface area contributed by atoms with Crippen molar-refractivity contribution < 1.29 is 4.74 Å². The van der Waals surface area contributed by atoms with Gasteiger partial charge in [0.2, 0.25) is 0 Å². The molecule has 1 nitrogen and oxygen atoms in total. The summed E-state index contributed by atoms with van der Waals surface area (Å²) in [6, 6.07) is 16.4. The quantitative estimate of drug-likeness (QED) is 0.537. The first-order valence-corrected chi connectivity index (χ1v) is 4.77. The van der Waals surface area contributed by atoms with Crippen LogP contribution in [0.1, 0.15) is 11.1 Å². The van der Waals surface area contributed by atoms with E-state index in [1.807, 2.05) is 24.3 Å². The molecule has 0 saturated heterocycles. The van der Waals surface area contributed by atoms with Crippen molar-refractivity contribution in [3.05, 3.63) is 59.7 Å². The number of fused-ring (bicyclic) bond motifs is 2. The molecule has 0 saturated carbocycles. The molecule has 3 rings (SSSR count). The van der Waals surface area contributed by atoms with Crippen molar-refractivity contribution in [2.75, 3.05) is 0 Å². The van der Waals surface area contributed by atoms with Crippen LogP contribution in [0, 0.1) is 0 Å². The molecule has 2 aromatic rings. The van der Waals surface area contributed by atoms with E-state index in [-0.39, 0.29) is 27.3 Å². The molecule has 0 amide bonds. The Hall–Kier alpha value is -0.838. The van der Waals surface area contributed by atoms with E-state index in [4.69, 9.17) is 4.74 Å². The first-order chi connectivity index (χ1) is 6.93. The van der Waals surface area contributed by atoms with E-state index in [1.165, 1.54) is 11.1 Å². The summed E-state index contributed by atoms with van der Waals surface area (Å²) in [5.41, 5.74) is 2.54. The van der Waals surface area contributed by atoms with Gasteiger partial charge in [-0.05, 0) is 23.3 Å². The monoisotopic (exact) mass is 390 g/mol. The van der Waals surface area contributed by atoms with Crippen molar-refractivity contribution in [1.29, 1.82) is 0 Å². The Labute approximate surface area is 109 Å². The van der Waals surface area contributed by atoms with Gasteiger partial charge in [0.25, 0.3) is 0 Å². The minimum absolute atomic E-state index is 0. The zero-order chi connectivity index (χ0) is 9.38. The summed E-state index contributed by atoms with van der Waals surface area (Å²) in [5, 5.41) is 0. The number of para-hydroxylation sites is 2. The van der Waals surface area contributed by atoms with Crippen LogP contribution in [0.15, 0.2) is 48.5 Å². The van der Waals surface area contributed by atoms with E-state index in [1.54, 1.807) is 0 Å². The van der Waals surface area contributed by atoms with Crippen LogP contribution in [0.4, 0.5) is 0 Å². The van der Waals surface area contributed by atoms with Gasteiger partial charge in [0, 0.05) is 33.7 Å². The summed E-state index contributed by atoms with van der Waals surface area (Å²) in [6.07, 6.45) is 0.979. The van der Waals surface area contributed by atoms with Crippen molar-refractivity contribution >= 4 is 27.3 Å². The first-order valence-electron chi connectivity index (χ1n) is 4.77. The van der Waals surface area contributed by atoms with Crippen LogP contribution in [0.2, 0.25) is 0 Å². The van der Waals surface area contributed by atoms with Gasteiger partial charge in [0.15, 0.2) is 0 Å². The molecule has 1 aliphatic heterocycles. The predicted molar refractivity (Wildman–Crippen MR) is 61.5 cm³/mol. The van der Waals surface area contributed by atoms with Gasteiger partial charge in [-0.25, -0.2) is 0 Å². The third-order valence-electron chi connectivity index (χ3n) is 2.55. The molecule has 1 heterocycles. The molecule has 15 heavy (non-hydrogen) atoms. The molecule has 0 N–H and O–H groups in total. The van der Waals surface area contributed by atoms with Gasteiger partial charge in [0.1, 0.15) is 11.5 Å². The molecule has 0 aromatic heterocycles. The van der Waals surface area contributed by atoms with Gasteiger partial charge in [-0.1, -0.05) is 36.4 Å². The van der Waals surface area contributed by atoms with Crippen LogP contribution in [0.5, 0.6) is 11.5 Å². The van der Waals surface area contributed by atoms with E-state index in [0.29, 0.717) is 0 Å². The topological polar surface area (TPSA) is 9.23 Å². The Morgan fingerprint density at radius 3 is 1.73 bits per heavy atom. The summed E-state index contributed by atoms with van der Waals surface area (Å²) >= 11 is 0. The standard InChI is InChI=1S/C13H10O.Pb/c1-3-7-12-10(5-1)9-11-6-2-4-8-13(11)14-12;/h1-8H,9H2;. The second-order valence-corrected chi connectivity index (χ2v) is 3.49. The number of benzene rings is 2. The van der Waals surface area contributed by atoms with Gasteiger partial charge in [-0.15, -0.1) is 0 Å². The molecule has 4 radical (unpaired) electrons. The van der Waals surface area contributed by atoms with Crippen LogP contribution >= 0.6 is 0 Å². The van der Waals surface area contributed by atoms with Gasteiger partial charge in [0.05, 0.1) is 0 Å². The summed E-state index contributed by atoms with van der Waals surface area (Å²) < 4.78 is 5.78. The Balaban J connectivity index is 0.000000853. The maximum absolute atomic E-state index is 5.78. The molecule has 0 spiro atoms. The Kier molecular flexibility index (Phi) is 3.09. The van der Waals surface area contributed by atoms with Crippen molar-refractivity contribution in [2.45, 2.75) is 6.42 Å². The van der Waals surface area contributed by atoms with E-state index < -0.39 is 0 Å². The van der Waals surface area contributed by atoms with E-state index in [9.17, 15) is 0 Å². The SMILES string of the molecule is [Pb].c1ccc2c(c1)Cc1ccccc1O2. The fourth-order valence-electron chi connectivity index (χ4n) is 1.82. The Morgan fingerprint density at radius 2 is 1.20 bits per heavy atom. The average Bonchev–Trinajstić information content (AvgIpc) is 2.26. The molecule has 2 heteroatoms. The van der Waals surface area contributed by atoms with Crippen LogP contribution in [-0.4, -0.2) is 27.3 Å². The molecule has 0 atom stereocenters. The van der Waals surface area contributed by atoms with Crippen molar-refractivity contribution in [3.63, 3.8) is 0 Å². The van der Waals surface area contributed by atoms with Crippen molar-refractivity contribution in [1.82, 2.24) is 0 Å². The molecule has 2 aromatic carbocycles. The number of rotatable bonds is 0. The van der Waals surface area contributed by atoms with Gasteiger partial charge in [-0.2, -0.15) is 0 Å². The van der Waals surface area contributed by atoms with Gasteiger partial charge < -0.3 is 4.74 Å². The van der Waals surface area contributed by atoms with Crippen molar-refractivity contribution in [3.8, 4) is 11.5 Å². The maximum Gasteiger partial charge on any atom is 0.130 e. The zero-order valence-corrected chi connectivity index (χ0v) is 12.1. The molecular weight excluding hydrogens is 379 g/mol. The van der Waals surface area contributed by atoms with Crippen LogP contribution in [-0.2, 0) is 6.42 Å². The minimum Gasteiger partial charge on any atom is -0.457 e. The maximum atomic E-state index is 5.78. The molecule has 0 aliphatic carbocycles. The summed E-state index contributed by atoms with van der Waals surface area (Å²) in [4.78, 5) is 0. The fraction of sp³-hybridized carbons (Fsp3) is 0.0769. The Morgan fingerprint density at radius 1 is 0.733 bits per heavy atom. The minimum atomic E-state index is 0. The largest absolute Gasteiger partial charge is 0.457 e. The molecule has 0 unspecified atom stereocenters. The summed E-state index contributed by atoms with van der Waals surface area (Å²) in [6.45, 7) is 0. The van der Waals surface area contributed by atoms with Crippen LogP contribution < -0.4 is 4.74 Å². The fourth-order valence-corrected chi connectivity index (χ4v) is 1.82. The van der Waals surface area contributed by atoms with Crippen molar-refractivity contribution in [2.24, 2.45) is 0 Å². The summed E-state index contributed by atoms with van der Waals surface area (Å²) in [5.74, 6) is 1.98. The Bertz CT molecular complexity index is 392. The smallest absolute Gasteiger partial charge is 0.130 e. The van der Waals surface area contributed by atoms with Gasteiger partial charge in [-0.3, -0.25) is 0 Å². The normalized spacial score (nSPS) is 11.7. The molecule has 72 valence electrons. The van der Waals surface area contributed by atoms with Crippen LogP contribution in [0.3, 0.4) is 0 Å². The first kappa shape index (κ1) is 10.7. The van der Waals surface area contributed by atoms with E-state index >= 15 is 0 Å². The average molecular weight is 389 g/mol. The second kappa shape index (κ2) is 4.35. The number of hydrogen-bond donors (Lipinski definition) is 0. The molecule has 0 bridgehead atoms. The summed E-state index contributed by atoms with van der Waals surface area (Å²) in [7, 11) is 0. The number of ether oxygens (including phenoxy) is 1. The van der Waals surface area contributed by atoms with E-state index in [2.05, 4.69) is 24.3 Å². The predicted octanol–water partition coefficient (Wildman–Crippen LogP) is 3.00. The molecule has 0 fully saturated rings. The number of hydrogen-bond acceptors (Lipinski definition) is 1. The molecular formula is C13H10OPb. The molecule has 1 aliphatic rings. The zero-order valence-electron chi connectivity index (χ0n) is 8.23. The van der Waals surface area contributed by atoms with Gasteiger partial charge >= 0.3 is 0 Å². The third-order valence-corrected chi connectivity index (χ3v) is 2.55. The third kappa shape index (κ3) is 1.93.